The molecule has 0 spiro atoms. The number of benzene rings is 2. The largest absolute Gasteiger partial charge is 0.493 e. The summed E-state index contributed by atoms with van der Waals surface area (Å²) in [6.45, 7) is 2.85. The molecule has 0 bridgehead atoms. The van der Waals surface area contributed by atoms with Gasteiger partial charge in [0.15, 0.2) is 17.8 Å². The van der Waals surface area contributed by atoms with Gasteiger partial charge in [-0.1, -0.05) is 41.4 Å². The number of aldehydes is 1. The Morgan fingerprint density at radius 2 is 1.79 bits per heavy atom. The summed E-state index contributed by atoms with van der Waals surface area (Å²) in [5.74, 6) is 1.74. The van der Waals surface area contributed by atoms with Crippen molar-refractivity contribution in [2.75, 3.05) is 20.3 Å². The van der Waals surface area contributed by atoms with Crippen LogP contribution in [0.3, 0.4) is 0 Å². The Hall–Kier alpha value is -2.01. The van der Waals surface area contributed by atoms with Gasteiger partial charge in [0.25, 0.3) is 0 Å². The van der Waals surface area contributed by atoms with Crippen LogP contribution in [0.1, 0.15) is 29.3 Å². The molecule has 2 aromatic carbocycles. The highest BCUT2D eigenvalue weighted by molar-refractivity contribution is 9.10. The summed E-state index contributed by atoms with van der Waals surface area (Å²) in [4.78, 5) is 11.2. The summed E-state index contributed by atoms with van der Waals surface area (Å²) in [6.07, 6.45) is 2.94. The van der Waals surface area contributed by atoms with Gasteiger partial charge in [-0.2, -0.15) is 0 Å². The van der Waals surface area contributed by atoms with Crippen molar-refractivity contribution in [1.29, 1.82) is 0 Å². The molecule has 24 heavy (non-hydrogen) atoms. The number of hydrogen-bond donors (Lipinski definition) is 0. The van der Waals surface area contributed by atoms with Crippen molar-refractivity contribution < 1.29 is 19.0 Å². The van der Waals surface area contributed by atoms with Crippen molar-refractivity contribution in [3.05, 3.63) is 52.0 Å². The third kappa shape index (κ3) is 4.99. The summed E-state index contributed by atoms with van der Waals surface area (Å²) in [5, 5.41) is 0. The lowest BCUT2D eigenvalue weighted by Gasteiger charge is -2.14. The number of aryl methyl sites for hydroxylation is 1. The summed E-state index contributed by atoms with van der Waals surface area (Å²) >= 11 is 3.34. The summed E-state index contributed by atoms with van der Waals surface area (Å²) in [6, 6.07) is 11.5. The van der Waals surface area contributed by atoms with Crippen molar-refractivity contribution >= 4 is 22.2 Å². The van der Waals surface area contributed by atoms with Crippen molar-refractivity contribution in [3.8, 4) is 17.2 Å². The zero-order valence-electron chi connectivity index (χ0n) is 13.9. The minimum atomic E-state index is 0.315. The molecule has 0 N–H and O–H groups in total. The highest BCUT2D eigenvalue weighted by Gasteiger charge is 2.12. The first kappa shape index (κ1) is 18.3. The van der Waals surface area contributed by atoms with Gasteiger partial charge < -0.3 is 14.2 Å². The Morgan fingerprint density at radius 1 is 1.08 bits per heavy atom. The van der Waals surface area contributed by atoms with E-state index in [0.29, 0.717) is 30.3 Å². The quantitative estimate of drug-likeness (QED) is 0.458. The van der Waals surface area contributed by atoms with Gasteiger partial charge in [0.1, 0.15) is 19.0 Å². The molecule has 0 heterocycles. The fourth-order valence-corrected chi connectivity index (χ4v) is 2.78. The predicted octanol–water partition coefficient (Wildman–Crippen LogP) is 4.68. The van der Waals surface area contributed by atoms with E-state index in [4.69, 9.17) is 14.2 Å². The highest BCUT2D eigenvalue weighted by atomic mass is 79.9. The van der Waals surface area contributed by atoms with Crippen LogP contribution in [-0.4, -0.2) is 26.6 Å². The van der Waals surface area contributed by atoms with E-state index in [2.05, 4.69) is 35.0 Å². The van der Waals surface area contributed by atoms with E-state index in [9.17, 15) is 4.79 Å². The van der Waals surface area contributed by atoms with Gasteiger partial charge in [-0.15, -0.1) is 0 Å². The lowest BCUT2D eigenvalue weighted by atomic mass is 10.1. The van der Waals surface area contributed by atoms with E-state index in [0.717, 1.165) is 29.4 Å². The van der Waals surface area contributed by atoms with Gasteiger partial charge in [0.05, 0.1) is 12.7 Å². The molecule has 0 unspecified atom stereocenters. The van der Waals surface area contributed by atoms with Gasteiger partial charge in [0, 0.05) is 4.47 Å². The molecule has 0 amide bonds. The fourth-order valence-electron chi connectivity index (χ4n) is 2.33. The van der Waals surface area contributed by atoms with Crippen molar-refractivity contribution in [2.45, 2.75) is 19.8 Å². The third-order valence-electron chi connectivity index (χ3n) is 3.46. The van der Waals surface area contributed by atoms with Crippen LogP contribution in [0.4, 0.5) is 0 Å². The number of methoxy groups -OCH3 is 1. The lowest BCUT2D eigenvalue weighted by molar-refractivity contribution is 0.111. The average Bonchev–Trinajstić information content (AvgIpc) is 2.60. The van der Waals surface area contributed by atoms with Crippen LogP contribution in [0.5, 0.6) is 17.2 Å². The van der Waals surface area contributed by atoms with Gasteiger partial charge in [-0.05, 0) is 36.2 Å². The second-order valence-corrected chi connectivity index (χ2v) is 6.15. The van der Waals surface area contributed by atoms with E-state index >= 15 is 0 Å². The zero-order valence-corrected chi connectivity index (χ0v) is 15.5. The molecule has 0 saturated heterocycles. The minimum absolute atomic E-state index is 0.315. The van der Waals surface area contributed by atoms with Crippen LogP contribution in [0.2, 0.25) is 0 Å². The van der Waals surface area contributed by atoms with Crippen LogP contribution in [0.15, 0.2) is 40.9 Å². The predicted molar refractivity (Wildman–Crippen MR) is 97.5 cm³/mol. The van der Waals surface area contributed by atoms with E-state index in [1.54, 1.807) is 12.1 Å². The van der Waals surface area contributed by atoms with Gasteiger partial charge in [-0.3, -0.25) is 4.79 Å². The maximum atomic E-state index is 11.2. The average molecular weight is 393 g/mol. The van der Waals surface area contributed by atoms with Gasteiger partial charge in [0.2, 0.25) is 0 Å². The molecule has 0 aliphatic rings. The standard InChI is InChI=1S/C19H21BrO4/c1-3-4-14-5-7-17(8-6-14)23-9-10-24-19-15(13-21)11-16(20)12-18(19)22-2/h5-8,11-13H,3-4,9-10H2,1-2H3. The zero-order chi connectivity index (χ0) is 17.4. The summed E-state index contributed by atoms with van der Waals surface area (Å²) in [5.41, 5.74) is 1.74. The second-order valence-electron chi connectivity index (χ2n) is 5.24. The number of halogens is 1. The second kappa shape index (κ2) is 9.33. The molecule has 0 fully saturated rings. The Kier molecular flexibility index (Phi) is 7.12. The Morgan fingerprint density at radius 3 is 2.42 bits per heavy atom. The summed E-state index contributed by atoms with van der Waals surface area (Å²) < 4.78 is 17.4. The molecule has 0 radical (unpaired) electrons. The van der Waals surface area contributed by atoms with E-state index < -0.39 is 0 Å². The number of rotatable bonds is 9. The van der Waals surface area contributed by atoms with E-state index in [1.165, 1.54) is 12.7 Å². The number of carbonyl (C=O) groups is 1. The molecule has 0 aliphatic heterocycles. The van der Waals surface area contributed by atoms with E-state index in [-0.39, 0.29) is 0 Å². The molecule has 4 nitrogen and oxygen atoms in total. The van der Waals surface area contributed by atoms with Crippen LogP contribution in [0.25, 0.3) is 0 Å². The fraction of sp³-hybridized carbons (Fsp3) is 0.316. The number of ether oxygens (including phenoxy) is 3. The van der Waals surface area contributed by atoms with E-state index in [1.807, 2.05) is 12.1 Å². The molecular formula is C19H21BrO4. The highest BCUT2D eigenvalue weighted by Crippen LogP contribution is 2.33. The Labute approximate surface area is 150 Å². The van der Waals surface area contributed by atoms with Crippen LogP contribution in [0, 0.1) is 0 Å². The first-order chi connectivity index (χ1) is 11.7. The van der Waals surface area contributed by atoms with Gasteiger partial charge >= 0.3 is 0 Å². The Balaban J connectivity index is 1.91. The van der Waals surface area contributed by atoms with Gasteiger partial charge in [-0.25, -0.2) is 0 Å². The lowest BCUT2D eigenvalue weighted by Crippen LogP contribution is -2.10. The third-order valence-corrected chi connectivity index (χ3v) is 3.91. The first-order valence-electron chi connectivity index (χ1n) is 7.85. The Bertz CT molecular complexity index is 668. The van der Waals surface area contributed by atoms with Crippen LogP contribution >= 0.6 is 15.9 Å². The smallest absolute Gasteiger partial charge is 0.171 e. The maximum Gasteiger partial charge on any atom is 0.171 e. The summed E-state index contributed by atoms with van der Waals surface area (Å²) in [7, 11) is 1.54. The normalized spacial score (nSPS) is 10.3. The molecular weight excluding hydrogens is 372 g/mol. The number of carbonyl (C=O) groups excluding carboxylic acids is 1. The minimum Gasteiger partial charge on any atom is -0.493 e. The molecule has 0 atom stereocenters. The van der Waals surface area contributed by atoms with Crippen molar-refractivity contribution in [1.82, 2.24) is 0 Å². The molecule has 2 aromatic rings. The SMILES string of the molecule is CCCc1ccc(OCCOc2c(C=O)cc(Br)cc2OC)cc1. The van der Waals surface area contributed by atoms with Crippen LogP contribution < -0.4 is 14.2 Å². The molecule has 0 aliphatic carbocycles. The maximum absolute atomic E-state index is 11.2. The van der Waals surface area contributed by atoms with Crippen LogP contribution in [-0.2, 0) is 6.42 Å². The molecule has 2 rings (SSSR count). The van der Waals surface area contributed by atoms with Crippen molar-refractivity contribution in [2.24, 2.45) is 0 Å². The molecule has 128 valence electrons. The molecule has 0 aromatic heterocycles. The first-order valence-corrected chi connectivity index (χ1v) is 8.64. The molecule has 5 heteroatoms. The van der Waals surface area contributed by atoms with Crippen molar-refractivity contribution in [3.63, 3.8) is 0 Å². The number of hydrogen-bond acceptors (Lipinski definition) is 4. The topological polar surface area (TPSA) is 44.8 Å². The monoisotopic (exact) mass is 392 g/mol. The molecule has 0 saturated carbocycles.